The SMILES string of the molecule is O=S(=O)(Cl)OC(F)(F)C(F)(F)Br. The molecule has 0 saturated carbocycles. The van der Waals surface area contributed by atoms with E-state index in [1.54, 1.807) is 0 Å². The van der Waals surface area contributed by atoms with Crippen LogP contribution in [-0.4, -0.2) is 19.4 Å². The number of hydrogen-bond acceptors (Lipinski definition) is 3. The Morgan fingerprint density at radius 3 is 1.67 bits per heavy atom. The molecule has 0 radical (unpaired) electrons. The van der Waals surface area contributed by atoms with Gasteiger partial charge in [-0.3, -0.25) is 0 Å². The van der Waals surface area contributed by atoms with E-state index < -0.39 is 20.3 Å². The largest absolute Gasteiger partial charge is 0.445 e. The Balaban J connectivity index is 4.67. The standard InChI is InChI=1S/C2BrClF4O3S/c3-1(5,6)2(7,8)11-12(4,9)10. The van der Waals surface area contributed by atoms with Gasteiger partial charge < -0.3 is 0 Å². The molecule has 0 spiro atoms. The number of halogens is 6. The second-order valence-electron chi connectivity index (χ2n) is 1.49. The first-order valence-electron chi connectivity index (χ1n) is 2.05. The Morgan fingerprint density at radius 1 is 1.25 bits per heavy atom. The highest BCUT2D eigenvalue weighted by Gasteiger charge is 2.59. The molecule has 0 aliphatic heterocycles. The summed E-state index contributed by atoms with van der Waals surface area (Å²) in [5, 5.41) is 0. The highest BCUT2D eigenvalue weighted by Crippen LogP contribution is 2.41. The Hall–Kier alpha value is 0.400. The van der Waals surface area contributed by atoms with Crippen molar-refractivity contribution in [1.29, 1.82) is 0 Å². The third-order valence-corrected chi connectivity index (χ3v) is 1.59. The number of rotatable bonds is 3. The van der Waals surface area contributed by atoms with Crippen molar-refractivity contribution in [2.24, 2.45) is 0 Å². The van der Waals surface area contributed by atoms with Crippen LogP contribution in [-0.2, 0) is 13.5 Å². The Bertz CT molecular complexity index is 258. The van der Waals surface area contributed by atoms with Crippen molar-refractivity contribution in [3.05, 3.63) is 0 Å². The van der Waals surface area contributed by atoms with Crippen LogP contribution in [0.5, 0.6) is 0 Å². The predicted octanol–water partition coefficient (Wildman–Crippen LogP) is 2.07. The lowest BCUT2D eigenvalue weighted by molar-refractivity contribution is -0.263. The molecule has 0 aromatic carbocycles. The van der Waals surface area contributed by atoms with Crippen LogP contribution >= 0.6 is 26.6 Å². The van der Waals surface area contributed by atoms with Crippen LogP contribution in [0.25, 0.3) is 0 Å². The molecule has 0 amide bonds. The van der Waals surface area contributed by atoms with Gasteiger partial charge in [-0.15, -0.1) is 0 Å². The predicted molar refractivity (Wildman–Crippen MR) is 34.7 cm³/mol. The smallest absolute Gasteiger partial charge is 0.183 e. The monoisotopic (exact) mass is 294 g/mol. The van der Waals surface area contributed by atoms with Gasteiger partial charge in [-0.1, -0.05) is 0 Å². The van der Waals surface area contributed by atoms with Crippen molar-refractivity contribution >= 4 is 35.9 Å². The Morgan fingerprint density at radius 2 is 1.58 bits per heavy atom. The van der Waals surface area contributed by atoms with E-state index in [1.807, 2.05) is 0 Å². The van der Waals surface area contributed by atoms with Crippen LogP contribution in [0.15, 0.2) is 0 Å². The topological polar surface area (TPSA) is 43.4 Å². The zero-order valence-corrected chi connectivity index (χ0v) is 8.06. The van der Waals surface area contributed by atoms with Gasteiger partial charge >= 0.3 is 20.3 Å². The van der Waals surface area contributed by atoms with Crippen molar-refractivity contribution in [2.75, 3.05) is 0 Å². The van der Waals surface area contributed by atoms with Crippen LogP contribution in [0.4, 0.5) is 17.6 Å². The van der Waals surface area contributed by atoms with E-state index in [4.69, 9.17) is 0 Å². The normalized spacial score (nSPS) is 14.8. The minimum atomic E-state index is -5.21. The van der Waals surface area contributed by atoms with E-state index >= 15 is 0 Å². The Kier molecular flexibility index (Phi) is 3.39. The molecule has 74 valence electrons. The summed E-state index contributed by atoms with van der Waals surface area (Å²) in [6.45, 7) is 0. The lowest BCUT2D eigenvalue weighted by Crippen LogP contribution is -2.38. The van der Waals surface area contributed by atoms with E-state index in [2.05, 4.69) is 14.9 Å². The summed E-state index contributed by atoms with van der Waals surface area (Å²) in [6, 6.07) is 0. The van der Waals surface area contributed by atoms with Gasteiger partial charge in [0.05, 0.1) is 0 Å². The second-order valence-corrected chi connectivity index (χ2v) is 4.57. The van der Waals surface area contributed by atoms with Crippen LogP contribution < -0.4 is 0 Å². The van der Waals surface area contributed by atoms with Gasteiger partial charge in [-0.05, 0) is 0 Å². The second kappa shape index (κ2) is 3.28. The van der Waals surface area contributed by atoms with Gasteiger partial charge in [0.1, 0.15) is 0 Å². The zero-order valence-electron chi connectivity index (χ0n) is 4.90. The molecule has 0 saturated heterocycles. The van der Waals surface area contributed by atoms with Crippen molar-refractivity contribution in [3.63, 3.8) is 0 Å². The first kappa shape index (κ1) is 12.4. The molecule has 10 heteroatoms. The van der Waals surface area contributed by atoms with E-state index in [0.29, 0.717) is 0 Å². The van der Waals surface area contributed by atoms with Crippen molar-refractivity contribution < 1.29 is 30.2 Å². The van der Waals surface area contributed by atoms with Gasteiger partial charge in [0.25, 0.3) is 0 Å². The molecule has 0 atom stereocenters. The summed E-state index contributed by atoms with van der Waals surface area (Å²) in [6.07, 6.45) is -5.21. The summed E-state index contributed by atoms with van der Waals surface area (Å²) in [7, 11) is -1.01. The maximum Gasteiger partial charge on any atom is 0.445 e. The van der Waals surface area contributed by atoms with Crippen molar-refractivity contribution in [2.45, 2.75) is 10.9 Å². The van der Waals surface area contributed by atoms with E-state index in [9.17, 15) is 26.0 Å². The average Bonchev–Trinajstić information content (AvgIpc) is 1.52. The zero-order chi connectivity index (χ0) is 10.2. The van der Waals surface area contributed by atoms with E-state index in [-0.39, 0.29) is 0 Å². The first-order valence-corrected chi connectivity index (χ1v) is 5.08. The third kappa shape index (κ3) is 3.87. The molecule has 0 N–H and O–H groups in total. The lowest BCUT2D eigenvalue weighted by atomic mass is 10.7. The fraction of sp³-hybridized carbons (Fsp3) is 1.00. The molecule has 0 aromatic rings. The molecule has 0 bridgehead atoms. The van der Waals surface area contributed by atoms with Gasteiger partial charge in [0.15, 0.2) is 0 Å². The van der Waals surface area contributed by atoms with Crippen LogP contribution in [0.3, 0.4) is 0 Å². The molecule has 0 fully saturated rings. The summed E-state index contributed by atoms with van der Waals surface area (Å²) < 4.78 is 69.6. The molecule has 0 unspecified atom stereocenters. The maximum atomic E-state index is 11.9. The fourth-order valence-corrected chi connectivity index (χ4v) is 0.952. The summed E-state index contributed by atoms with van der Waals surface area (Å²) in [5.74, 6) is 0. The first-order chi connectivity index (χ1) is 4.96. The number of alkyl halides is 5. The summed E-state index contributed by atoms with van der Waals surface area (Å²) in [5.41, 5.74) is 0. The molecule has 0 aliphatic rings. The van der Waals surface area contributed by atoms with Gasteiger partial charge in [-0.25, -0.2) is 0 Å². The van der Waals surface area contributed by atoms with Gasteiger partial charge in [-0.2, -0.15) is 30.2 Å². The molecule has 0 rings (SSSR count). The van der Waals surface area contributed by atoms with Crippen LogP contribution in [0.1, 0.15) is 0 Å². The molecular weight excluding hydrogens is 295 g/mol. The van der Waals surface area contributed by atoms with Gasteiger partial charge in [0.2, 0.25) is 0 Å². The van der Waals surface area contributed by atoms with Crippen LogP contribution in [0.2, 0.25) is 0 Å². The van der Waals surface area contributed by atoms with E-state index in [0.717, 1.165) is 0 Å². The fourth-order valence-electron chi connectivity index (χ4n) is 0.172. The molecule has 0 aromatic heterocycles. The molecular formula is C2BrClF4O3S. The van der Waals surface area contributed by atoms with E-state index in [1.165, 1.54) is 15.9 Å². The maximum absolute atomic E-state index is 11.9. The molecule has 0 aliphatic carbocycles. The van der Waals surface area contributed by atoms with Crippen LogP contribution in [0, 0.1) is 0 Å². The molecule has 3 nitrogen and oxygen atoms in total. The molecule has 0 heterocycles. The highest BCUT2D eigenvalue weighted by molar-refractivity contribution is 9.10. The van der Waals surface area contributed by atoms with Crippen molar-refractivity contribution in [3.8, 4) is 0 Å². The minimum Gasteiger partial charge on any atom is -0.183 e. The average molecular weight is 295 g/mol. The summed E-state index contributed by atoms with van der Waals surface area (Å²) >= 11 is 1.22. The van der Waals surface area contributed by atoms with Gasteiger partial charge in [0, 0.05) is 26.6 Å². The molecule has 12 heavy (non-hydrogen) atoms. The third-order valence-electron chi connectivity index (χ3n) is 0.534. The highest BCUT2D eigenvalue weighted by atomic mass is 79.9. The van der Waals surface area contributed by atoms with Crippen molar-refractivity contribution in [1.82, 2.24) is 0 Å². The quantitative estimate of drug-likeness (QED) is 0.455. The minimum absolute atomic E-state index is 1.22. The number of hydrogen-bond donors (Lipinski definition) is 0. The Labute approximate surface area is 77.4 Å². The summed E-state index contributed by atoms with van der Waals surface area (Å²) in [4.78, 5) is -4.80. The lowest BCUT2D eigenvalue weighted by Gasteiger charge is -2.18.